The van der Waals surface area contributed by atoms with Gasteiger partial charge in [-0.25, -0.2) is 13.2 Å². The molecule has 154 valence electrons. The van der Waals surface area contributed by atoms with Crippen molar-refractivity contribution >= 4 is 32.5 Å². The van der Waals surface area contributed by atoms with Gasteiger partial charge in [0.2, 0.25) is 5.91 Å². The maximum absolute atomic E-state index is 13.4. The Bertz CT molecular complexity index is 1080. The van der Waals surface area contributed by atoms with Crippen molar-refractivity contribution in [1.29, 1.82) is 0 Å². The highest BCUT2D eigenvalue weighted by Gasteiger charge is 2.33. The van der Waals surface area contributed by atoms with Gasteiger partial charge in [-0.05, 0) is 25.0 Å². The predicted octanol–water partition coefficient (Wildman–Crippen LogP) is 2.97. The van der Waals surface area contributed by atoms with Gasteiger partial charge in [-0.3, -0.25) is 13.9 Å². The molecule has 1 amide bonds. The minimum absolute atomic E-state index is 0.102. The van der Waals surface area contributed by atoms with Crippen LogP contribution in [-0.2, 0) is 28.7 Å². The lowest BCUT2D eigenvalue weighted by Crippen LogP contribution is -2.30. The van der Waals surface area contributed by atoms with Gasteiger partial charge in [0.25, 0.3) is 0 Å². The van der Waals surface area contributed by atoms with Crippen LogP contribution in [0.3, 0.4) is 0 Å². The Hall–Kier alpha value is -2.09. The highest BCUT2D eigenvalue weighted by atomic mass is 32.2. The van der Waals surface area contributed by atoms with Gasteiger partial charge in [0.05, 0.1) is 26.9 Å². The third-order valence-electron chi connectivity index (χ3n) is 5.60. The van der Waals surface area contributed by atoms with Crippen molar-refractivity contribution in [3.8, 4) is 0 Å². The second-order valence-electron chi connectivity index (χ2n) is 8.75. The molecule has 0 radical (unpaired) electrons. The number of benzene rings is 1. The Kier molecular flexibility index (Phi) is 5.20. The molecule has 1 fully saturated rings. The quantitative estimate of drug-likeness (QED) is 0.847. The summed E-state index contributed by atoms with van der Waals surface area (Å²) < 4.78 is 29.8. The Morgan fingerprint density at radius 1 is 1.04 bits per heavy atom. The summed E-state index contributed by atoms with van der Waals surface area (Å²) >= 11 is 0. The van der Waals surface area contributed by atoms with E-state index in [0.717, 1.165) is 19.3 Å². The number of sulfone groups is 1. The molecule has 0 spiro atoms. The normalized spacial score (nSPS) is 16.5. The number of rotatable bonds is 3. The summed E-state index contributed by atoms with van der Waals surface area (Å²) in [5.74, 6) is -0.270. The Labute approximate surface area is 165 Å². The smallest absolute Gasteiger partial charge is 0.324 e. The molecule has 3 rings (SSSR count). The largest absolute Gasteiger partial charge is 0.328 e. The fraction of sp³-hybridized carbons (Fsp3) is 0.600. The van der Waals surface area contributed by atoms with Gasteiger partial charge in [-0.1, -0.05) is 40.0 Å². The zero-order chi connectivity index (χ0) is 20.9. The second kappa shape index (κ2) is 7.06. The second-order valence-corrected chi connectivity index (χ2v) is 10.9. The number of aromatic nitrogens is 2. The van der Waals surface area contributed by atoms with E-state index in [0.29, 0.717) is 23.9 Å². The van der Waals surface area contributed by atoms with E-state index in [-0.39, 0.29) is 22.2 Å². The van der Waals surface area contributed by atoms with Crippen LogP contribution < -0.4 is 11.0 Å². The lowest BCUT2D eigenvalue weighted by atomic mass is 9.95. The molecule has 0 aliphatic heterocycles. The predicted molar refractivity (Wildman–Crippen MR) is 110 cm³/mol. The SMILES string of the molecule is Cn1c(=O)n(C)c2cc(S(=O)(=O)C3CCCCC3)c(NC(=O)C(C)(C)C)cc21. The van der Waals surface area contributed by atoms with Gasteiger partial charge in [-0.2, -0.15) is 0 Å². The summed E-state index contributed by atoms with van der Waals surface area (Å²) in [6.45, 7) is 5.32. The van der Waals surface area contributed by atoms with Crippen LogP contribution in [0.15, 0.2) is 21.8 Å². The molecule has 0 unspecified atom stereocenters. The summed E-state index contributed by atoms with van der Waals surface area (Å²) in [5.41, 5.74) is 0.452. The third-order valence-corrected chi connectivity index (χ3v) is 7.90. The molecule has 1 aliphatic rings. The fourth-order valence-electron chi connectivity index (χ4n) is 3.72. The first kappa shape index (κ1) is 20.6. The van der Waals surface area contributed by atoms with E-state index >= 15 is 0 Å². The first-order valence-electron chi connectivity index (χ1n) is 9.69. The molecule has 28 heavy (non-hydrogen) atoms. The maximum Gasteiger partial charge on any atom is 0.328 e. The van der Waals surface area contributed by atoms with Gasteiger partial charge >= 0.3 is 5.69 Å². The topological polar surface area (TPSA) is 90.2 Å². The van der Waals surface area contributed by atoms with Crippen LogP contribution in [-0.4, -0.2) is 28.7 Å². The van der Waals surface area contributed by atoms with Crippen LogP contribution in [0.25, 0.3) is 11.0 Å². The Balaban J connectivity index is 2.23. The molecule has 0 atom stereocenters. The Morgan fingerprint density at radius 2 is 1.57 bits per heavy atom. The minimum atomic E-state index is -3.63. The van der Waals surface area contributed by atoms with Crippen LogP contribution in [0.5, 0.6) is 0 Å². The van der Waals surface area contributed by atoms with E-state index < -0.39 is 20.5 Å². The average Bonchev–Trinajstić information content (AvgIpc) is 2.85. The van der Waals surface area contributed by atoms with E-state index in [1.165, 1.54) is 9.13 Å². The molecule has 1 heterocycles. The van der Waals surface area contributed by atoms with Crippen LogP contribution in [0.1, 0.15) is 52.9 Å². The molecule has 7 nitrogen and oxygen atoms in total. The number of nitrogens with one attached hydrogen (secondary N) is 1. The molecule has 1 aliphatic carbocycles. The number of hydrogen-bond acceptors (Lipinski definition) is 4. The lowest BCUT2D eigenvalue weighted by Gasteiger charge is -2.24. The molecule has 8 heteroatoms. The minimum Gasteiger partial charge on any atom is -0.324 e. The zero-order valence-corrected chi connectivity index (χ0v) is 18.0. The highest BCUT2D eigenvalue weighted by molar-refractivity contribution is 7.92. The molecule has 1 saturated carbocycles. The molecule has 1 aromatic carbocycles. The van der Waals surface area contributed by atoms with Crippen LogP contribution in [0, 0.1) is 5.41 Å². The van der Waals surface area contributed by atoms with Crippen molar-refractivity contribution in [1.82, 2.24) is 9.13 Å². The van der Waals surface area contributed by atoms with Gasteiger partial charge in [-0.15, -0.1) is 0 Å². The zero-order valence-electron chi connectivity index (χ0n) is 17.2. The van der Waals surface area contributed by atoms with Crippen molar-refractivity contribution in [2.45, 2.75) is 63.0 Å². The fourth-order valence-corrected chi connectivity index (χ4v) is 5.73. The third kappa shape index (κ3) is 3.50. The lowest BCUT2D eigenvalue weighted by molar-refractivity contribution is -0.123. The number of aryl methyl sites for hydroxylation is 2. The standard InChI is InChI=1S/C20H29N3O4S/c1-20(2,3)18(24)21-14-11-15-16(23(5)19(25)22(15)4)12-17(14)28(26,27)13-9-7-6-8-10-13/h11-13H,6-10H2,1-5H3,(H,21,24). The maximum atomic E-state index is 13.4. The average molecular weight is 408 g/mol. The molecule has 2 aromatic rings. The number of hydrogen-bond donors (Lipinski definition) is 1. The molecular weight excluding hydrogens is 378 g/mol. The summed E-state index contributed by atoms with van der Waals surface area (Å²) in [6, 6.07) is 3.15. The van der Waals surface area contributed by atoms with Gasteiger partial charge in [0, 0.05) is 19.5 Å². The van der Waals surface area contributed by atoms with Gasteiger partial charge in [0.15, 0.2) is 9.84 Å². The number of imidazole rings is 1. The van der Waals surface area contributed by atoms with Crippen molar-refractivity contribution in [3.05, 3.63) is 22.6 Å². The van der Waals surface area contributed by atoms with E-state index in [2.05, 4.69) is 5.32 Å². The first-order chi connectivity index (χ1) is 12.9. The van der Waals surface area contributed by atoms with Crippen LogP contribution in [0.4, 0.5) is 5.69 Å². The van der Waals surface area contributed by atoms with Crippen LogP contribution in [0.2, 0.25) is 0 Å². The summed E-state index contributed by atoms with van der Waals surface area (Å²) in [4.78, 5) is 25.0. The molecule has 0 saturated heterocycles. The van der Waals surface area contributed by atoms with Crippen molar-refractivity contribution in [2.24, 2.45) is 19.5 Å². The van der Waals surface area contributed by atoms with E-state index in [4.69, 9.17) is 0 Å². The molecule has 1 aromatic heterocycles. The van der Waals surface area contributed by atoms with Crippen molar-refractivity contribution in [3.63, 3.8) is 0 Å². The number of carbonyl (C=O) groups is 1. The first-order valence-corrected chi connectivity index (χ1v) is 11.2. The molecular formula is C20H29N3O4S. The number of amides is 1. The number of anilines is 1. The van der Waals surface area contributed by atoms with Gasteiger partial charge in [0.1, 0.15) is 0 Å². The van der Waals surface area contributed by atoms with Gasteiger partial charge < -0.3 is 5.32 Å². The van der Waals surface area contributed by atoms with E-state index in [9.17, 15) is 18.0 Å². The van der Waals surface area contributed by atoms with E-state index in [1.807, 2.05) is 0 Å². The van der Waals surface area contributed by atoms with E-state index in [1.54, 1.807) is 47.0 Å². The highest BCUT2D eigenvalue weighted by Crippen LogP contribution is 2.35. The molecule has 1 N–H and O–H groups in total. The monoisotopic (exact) mass is 407 g/mol. The van der Waals surface area contributed by atoms with Crippen molar-refractivity contribution < 1.29 is 13.2 Å². The number of nitrogens with zero attached hydrogens (tertiary/aromatic N) is 2. The summed E-state index contributed by atoms with van der Waals surface area (Å²) in [6.07, 6.45) is 4.08. The summed E-state index contributed by atoms with van der Waals surface area (Å²) in [7, 11) is -0.381. The number of fused-ring (bicyclic) bond motifs is 1. The van der Waals surface area contributed by atoms with Crippen molar-refractivity contribution in [2.75, 3.05) is 5.32 Å². The number of carbonyl (C=O) groups excluding carboxylic acids is 1. The Morgan fingerprint density at radius 3 is 2.11 bits per heavy atom. The summed E-state index contributed by atoms with van der Waals surface area (Å²) in [5, 5.41) is 2.35. The molecule has 0 bridgehead atoms. The van der Waals surface area contributed by atoms with Crippen LogP contribution >= 0.6 is 0 Å².